The van der Waals surface area contributed by atoms with Crippen molar-refractivity contribution in [2.45, 2.75) is 20.0 Å². The smallest absolute Gasteiger partial charge is 0.0952 e. The van der Waals surface area contributed by atoms with Crippen molar-refractivity contribution >= 4 is 0 Å². The minimum Gasteiger partial charge on any atom is -0.371 e. The number of ether oxygens (including phenoxy) is 1. The molecule has 84 valence electrons. The summed E-state index contributed by atoms with van der Waals surface area (Å²) in [6.07, 6.45) is 0.264. The fourth-order valence-corrected chi connectivity index (χ4v) is 1.65. The van der Waals surface area contributed by atoms with Crippen LogP contribution in [0.2, 0.25) is 0 Å². The molecule has 1 unspecified atom stereocenters. The van der Waals surface area contributed by atoms with Crippen LogP contribution in [0.5, 0.6) is 0 Å². The van der Waals surface area contributed by atoms with Gasteiger partial charge in [0, 0.05) is 13.1 Å². The fraction of sp³-hybridized carbons (Fsp3) is 0.538. The van der Waals surface area contributed by atoms with Crippen LogP contribution in [-0.2, 0) is 4.74 Å². The van der Waals surface area contributed by atoms with Gasteiger partial charge in [-0.2, -0.15) is 0 Å². The summed E-state index contributed by atoms with van der Waals surface area (Å²) >= 11 is 0. The van der Waals surface area contributed by atoms with Gasteiger partial charge in [-0.15, -0.1) is 0 Å². The van der Waals surface area contributed by atoms with Gasteiger partial charge in [0.2, 0.25) is 0 Å². The van der Waals surface area contributed by atoms with Crippen molar-refractivity contribution in [1.82, 2.24) is 4.90 Å². The summed E-state index contributed by atoms with van der Waals surface area (Å²) in [5.41, 5.74) is 1.29. The van der Waals surface area contributed by atoms with Gasteiger partial charge >= 0.3 is 0 Å². The molecule has 2 heteroatoms. The molecule has 1 aliphatic heterocycles. The maximum absolute atomic E-state index is 5.69. The van der Waals surface area contributed by atoms with E-state index >= 15 is 0 Å². The Morgan fingerprint density at radius 3 is 2.47 bits per heavy atom. The highest BCUT2D eigenvalue weighted by atomic mass is 16.5. The molecule has 0 aromatic heterocycles. The molecule has 1 atom stereocenters. The third-order valence-electron chi connectivity index (χ3n) is 2.44. The Kier molecular flexibility index (Phi) is 5.37. The number of likely N-dealkylation sites (N-methyl/N-ethyl adjacent to an activating group) is 1. The number of morpholine rings is 1. The summed E-state index contributed by atoms with van der Waals surface area (Å²) in [5.74, 6) is 0. The maximum atomic E-state index is 5.69. The van der Waals surface area contributed by atoms with E-state index in [9.17, 15) is 0 Å². The first kappa shape index (κ1) is 12.2. The van der Waals surface area contributed by atoms with Gasteiger partial charge in [0.05, 0.1) is 12.7 Å². The molecular formula is C13H21NO. The standard InChI is InChI=1S/C11H15NO.C2H6/c1-12-7-8-13-11(9-12)10-5-3-2-4-6-10;1-2/h2-6,11H,7-9H2,1H3;1-2H3. The molecule has 1 saturated heterocycles. The lowest BCUT2D eigenvalue weighted by Crippen LogP contribution is -2.35. The number of hydrogen-bond donors (Lipinski definition) is 0. The summed E-state index contributed by atoms with van der Waals surface area (Å²) in [5, 5.41) is 0. The molecule has 2 rings (SSSR count). The van der Waals surface area contributed by atoms with Crippen molar-refractivity contribution in [2.24, 2.45) is 0 Å². The zero-order valence-corrected chi connectivity index (χ0v) is 9.94. The van der Waals surface area contributed by atoms with Crippen LogP contribution in [0.1, 0.15) is 25.5 Å². The van der Waals surface area contributed by atoms with Crippen LogP contribution in [0.4, 0.5) is 0 Å². The summed E-state index contributed by atoms with van der Waals surface area (Å²) < 4.78 is 5.69. The average molecular weight is 207 g/mol. The van der Waals surface area contributed by atoms with Crippen molar-refractivity contribution < 1.29 is 4.74 Å². The minimum absolute atomic E-state index is 0.264. The summed E-state index contributed by atoms with van der Waals surface area (Å²) in [4.78, 5) is 2.31. The lowest BCUT2D eigenvalue weighted by atomic mass is 10.1. The first-order chi connectivity index (χ1) is 7.36. The molecule has 0 N–H and O–H groups in total. The molecule has 0 aliphatic carbocycles. The molecule has 1 fully saturated rings. The van der Waals surface area contributed by atoms with Gasteiger partial charge in [-0.05, 0) is 12.6 Å². The third-order valence-corrected chi connectivity index (χ3v) is 2.44. The van der Waals surface area contributed by atoms with Crippen molar-refractivity contribution in [3.05, 3.63) is 35.9 Å². The molecule has 2 nitrogen and oxygen atoms in total. The molecular weight excluding hydrogens is 186 g/mol. The third kappa shape index (κ3) is 3.65. The summed E-state index contributed by atoms with van der Waals surface area (Å²) in [7, 11) is 2.14. The Hall–Kier alpha value is -0.860. The predicted octanol–water partition coefficient (Wildman–Crippen LogP) is 2.72. The lowest BCUT2D eigenvalue weighted by molar-refractivity contribution is -0.0208. The largest absolute Gasteiger partial charge is 0.371 e. The van der Waals surface area contributed by atoms with Crippen LogP contribution < -0.4 is 0 Å². The second-order valence-electron chi connectivity index (χ2n) is 3.53. The van der Waals surface area contributed by atoms with E-state index in [0.717, 1.165) is 19.7 Å². The van der Waals surface area contributed by atoms with Crippen LogP contribution in [0, 0.1) is 0 Å². The monoisotopic (exact) mass is 207 g/mol. The number of benzene rings is 1. The van der Waals surface area contributed by atoms with E-state index in [1.807, 2.05) is 19.9 Å². The van der Waals surface area contributed by atoms with E-state index in [1.54, 1.807) is 0 Å². The normalized spacial score (nSPS) is 21.7. The Bertz CT molecular complexity index is 260. The molecule has 15 heavy (non-hydrogen) atoms. The second kappa shape index (κ2) is 6.59. The van der Waals surface area contributed by atoms with Gasteiger partial charge in [0.1, 0.15) is 0 Å². The minimum atomic E-state index is 0.264. The average Bonchev–Trinajstić information content (AvgIpc) is 2.33. The van der Waals surface area contributed by atoms with Gasteiger partial charge in [0.25, 0.3) is 0 Å². The fourth-order valence-electron chi connectivity index (χ4n) is 1.65. The Labute approximate surface area is 92.9 Å². The maximum Gasteiger partial charge on any atom is 0.0952 e. The number of hydrogen-bond acceptors (Lipinski definition) is 2. The van der Waals surface area contributed by atoms with Gasteiger partial charge < -0.3 is 9.64 Å². The lowest BCUT2D eigenvalue weighted by Gasteiger charge is -2.30. The van der Waals surface area contributed by atoms with Crippen molar-refractivity contribution in [3.8, 4) is 0 Å². The SMILES string of the molecule is CC.CN1CCOC(c2ccccc2)C1. The molecule has 0 spiro atoms. The molecule has 0 amide bonds. The molecule has 0 radical (unpaired) electrons. The van der Waals surface area contributed by atoms with E-state index in [1.165, 1.54) is 5.56 Å². The van der Waals surface area contributed by atoms with Crippen LogP contribution in [0.15, 0.2) is 30.3 Å². The first-order valence-electron chi connectivity index (χ1n) is 5.71. The Morgan fingerprint density at radius 2 is 1.87 bits per heavy atom. The summed E-state index contributed by atoms with van der Waals surface area (Å²) in [6, 6.07) is 10.4. The van der Waals surface area contributed by atoms with E-state index in [-0.39, 0.29) is 6.10 Å². The first-order valence-corrected chi connectivity index (χ1v) is 5.71. The summed E-state index contributed by atoms with van der Waals surface area (Å²) in [6.45, 7) is 6.89. The molecule has 1 aromatic rings. The Balaban J connectivity index is 0.000000531. The molecule has 1 aromatic carbocycles. The Morgan fingerprint density at radius 1 is 1.20 bits per heavy atom. The topological polar surface area (TPSA) is 12.5 Å². The van der Waals surface area contributed by atoms with Gasteiger partial charge in [0.15, 0.2) is 0 Å². The van der Waals surface area contributed by atoms with Gasteiger partial charge in [-0.3, -0.25) is 0 Å². The molecule has 1 heterocycles. The number of nitrogens with zero attached hydrogens (tertiary/aromatic N) is 1. The molecule has 0 saturated carbocycles. The highest BCUT2D eigenvalue weighted by Crippen LogP contribution is 2.20. The molecule has 1 aliphatic rings. The van der Waals surface area contributed by atoms with E-state index in [4.69, 9.17) is 4.74 Å². The highest BCUT2D eigenvalue weighted by molar-refractivity contribution is 5.18. The zero-order valence-electron chi connectivity index (χ0n) is 9.94. The van der Waals surface area contributed by atoms with Crippen LogP contribution in [0.3, 0.4) is 0 Å². The van der Waals surface area contributed by atoms with Crippen LogP contribution in [0.25, 0.3) is 0 Å². The number of rotatable bonds is 1. The van der Waals surface area contributed by atoms with E-state index in [2.05, 4.69) is 36.2 Å². The zero-order chi connectivity index (χ0) is 11.1. The highest BCUT2D eigenvalue weighted by Gasteiger charge is 2.18. The van der Waals surface area contributed by atoms with Gasteiger partial charge in [-0.1, -0.05) is 44.2 Å². The van der Waals surface area contributed by atoms with Crippen molar-refractivity contribution in [1.29, 1.82) is 0 Å². The van der Waals surface area contributed by atoms with Crippen molar-refractivity contribution in [3.63, 3.8) is 0 Å². The quantitative estimate of drug-likeness (QED) is 0.702. The van der Waals surface area contributed by atoms with Gasteiger partial charge in [-0.25, -0.2) is 0 Å². The predicted molar refractivity (Wildman–Crippen MR) is 64.0 cm³/mol. The molecule has 0 bridgehead atoms. The second-order valence-corrected chi connectivity index (χ2v) is 3.53. The van der Waals surface area contributed by atoms with E-state index < -0.39 is 0 Å². The van der Waals surface area contributed by atoms with E-state index in [0.29, 0.717) is 0 Å². The van der Waals surface area contributed by atoms with Crippen LogP contribution in [-0.4, -0.2) is 31.6 Å². The van der Waals surface area contributed by atoms with Crippen LogP contribution >= 0.6 is 0 Å². The van der Waals surface area contributed by atoms with Crippen molar-refractivity contribution in [2.75, 3.05) is 26.7 Å².